The average molecular weight is 130 g/mol. The molecule has 0 heterocycles. The van der Waals surface area contributed by atoms with Crippen LogP contribution in [0.5, 0.6) is 0 Å². The Hall–Kier alpha value is -1.31. The van der Waals surface area contributed by atoms with Gasteiger partial charge < -0.3 is 4.84 Å². The molecule has 0 aromatic heterocycles. The Bertz CT molecular complexity index is 139. The van der Waals surface area contributed by atoms with E-state index in [4.69, 9.17) is 5.26 Å². The quantitative estimate of drug-likeness (QED) is 0.411. The SMILES string of the molecule is CC(CC#N)O[N+](=O)[O-]. The lowest BCUT2D eigenvalue weighted by molar-refractivity contribution is -0.767. The molecule has 5 heteroatoms. The average Bonchev–Trinajstić information content (AvgIpc) is 1.63. The maximum atomic E-state index is 9.56. The summed E-state index contributed by atoms with van der Waals surface area (Å²) in [6, 6.07) is 1.74. The summed E-state index contributed by atoms with van der Waals surface area (Å²) in [5.41, 5.74) is 0. The lowest BCUT2D eigenvalue weighted by Crippen LogP contribution is -2.11. The van der Waals surface area contributed by atoms with Crippen molar-refractivity contribution in [3.05, 3.63) is 10.1 Å². The Balaban J connectivity index is 3.40. The molecule has 0 aliphatic carbocycles. The summed E-state index contributed by atoms with van der Waals surface area (Å²) in [5, 5.41) is 16.7. The molecular weight excluding hydrogens is 124 g/mol. The maximum absolute atomic E-state index is 9.56. The number of nitriles is 1. The summed E-state index contributed by atoms with van der Waals surface area (Å²) in [7, 11) is 0. The third kappa shape index (κ3) is 4.55. The minimum atomic E-state index is -0.901. The van der Waals surface area contributed by atoms with Crippen molar-refractivity contribution >= 4 is 0 Å². The molecule has 0 saturated carbocycles. The Labute approximate surface area is 51.9 Å². The van der Waals surface area contributed by atoms with Gasteiger partial charge in [0, 0.05) is 0 Å². The highest BCUT2D eigenvalue weighted by molar-refractivity contribution is 4.72. The van der Waals surface area contributed by atoms with Gasteiger partial charge in [0.1, 0.15) is 6.10 Å². The van der Waals surface area contributed by atoms with Gasteiger partial charge in [-0.05, 0) is 6.92 Å². The predicted octanol–water partition coefficient (Wildman–Crippen LogP) is 0.497. The van der Waals surface area contributed by atoms with Crippen molar-refractivity contribution in [3.8, 4) is 6.07 Å². The van der Waals surface area contributed by atoms with E-state index in [0.717, 1.165) is 0 Å². The molecule has 0 rings (SSSR count). The summed E-state index contributed by atoms with van der Waals surface area (Å²) < 4.78 is 0. The van der Waals surface area contributed by atoms with E-state index >= 15 is 0 Å². The van der Waals surface area contributed by atoms with Crippen molar-refractivity contribution in [1.29, 1.82) is 5.26 Å². The van der Waals surface area contributed by atoms with Crippen LogP contribution < -0.4 is 0 Å². The van der Waals surface area contributed by atoms with Crippen LogP contribution in [0.2, 0.25) is 0 Å². The zero-order chi connectivity index (χ0) is 7.28. The third-order valence-electron chi connectivity index (χ3n) is 0.645. The second-order valence-electron chi connectivity index (χ2n) is 1.50. The van der Waals surface area contributed by atoms with Crippen LogP contribution in [0.25, 0.3) is 0 Å². The second-order valence-corrected chi connectivity index (χ2v) is 1.50. The van der Waals surface area contributed by atoms with Gasteiger partial charge in [-0.2, -0.15) is 5.26 Å². The molecule has 50 valence electrons. The van der Waals surface area contributed by atoms with Crippen molar-refractivity contribution in [3.63, 3.8) is 0 Å². The fraction of sp³-hybridized carbons (Fsp3) is 0.750. The highest BCUT2D eigenvalue weighted by atomic mass is 17.0. The largest absolute Gasteiger partial charge is 0.310 e. The molecule has 0 aliphatic rings. The molecule has 1 atom stereocenters. The summed E-state index contributed by atoms with van der Waals surface area (Å²) in [4.78, 5) is 13.5. The standard InChI is InChI=1S/C4H6N2O3/c1-4(2-3-5)9-6(7)8/h4H,2H2,1H3. The van der Waals surface area contributed by atoms with E-state index in [2.05, 4.69) is 4.84 Å². The van der Waals surface area contributed by atoms with E-state index in [1.807, 2.05) is 0 Å². The molecule has 0 aromatic carbocycles. The summed E-state index contributed by atoms with van der Waals surface area (Å²) >= 11 is 0. The molecule has 0 radical (unpaired) electrons. The molecule has 1 unspecified atom stereocenters. The Morgan fingerprint density at radius 3 is 2.89 bits per heavy atom. The first-order valence-electron chi connectivity index (χ1n) is 2.35. The van der Waals surface area contributed by atoms with Crippen LogP contribution in [0, 0.1) is 21.4 Å². The number of hydrogen-bond acceptors (Lipinski definition) is 4. The maximum Gasteiger partial charge on any atom is 0.294 e. The number of rotatable bonds is 3. The van der Waals surface area contributed by atoms with Crippen molar-refractivity contribution in [2.24, 2.45) is 0 Å². The van der Waals surface area contributed by atoms with E-state index in [1.54, 1.807) is 6.07 Å². The van der Waals surface area contributed by atoms with Gasteiger partial charge in [-0.15, -0.1) is 10.1 Å². The van der Waals surface area contributed by atoms with Crippen molar-refractivity contribution in [2.45, 2.75) is 19.4 Å². The molecule has 0 fully saturated rings. The lowest BCUT2D eigenvalue weighted by Gasteiger charge is -2.01. The molecule has 5 nitrogen and oxygen atoms in total. The topological polar surface area (TPSA) is 76.2 Å². The molecule has 0 aromatic rings. The molecule has 0 aliphatic heterocycles. The molecule has 0 N–H and O–H groups in total. The lowest BCUT2D eigenvalue weighted by atomic mass is 10.3. The van der Waals surface area contributed by atoms with Gasteiger partial charge >= 0.3 is 0 Å². The van der Waals surface area contributed by atoms with Crippen LogP contribution in [0.3, 0.4) is 0 Å². The summed E-state index contributed by atoms with van der Waals surface area (Å²) in [5.74, 6) is 0. The smallest absolute Gasteiger partial charge is 0.294 e. The van der Waals surface area contributed by atoms with Crippen LogP contribution in [0.15, 0.2) is 0 Å². The first-order valence-corrected chi connectivity index (χ1v) is 2.35. The summed E-state index contributed by atoms with van der Waals surface area (Å²) in [6.07, 6.45) is -0.578. The Morgan fingerprint density at radius 1 is 2.00 bits per heavy atom. The monoisotopic (exact) mass is 130 g/mol. The molecule has 9 heavy (non-hydrogen) atoms. The van der Waals surface area contributed by atoms with Crippen LogP contribution in [0.1, 0.15) is 13.3 Å². The van der Waals surface area contributed by atoms with Crippen LogP contribution in [-0.2, 0) is 4.84 Å². The van der Waals surface area contributed by atoms with E-state index in [1.165, 1.54) is 6.92 Å². The zero-order valence-electron chi connectivity index (χ0n) is 4.90. The van der Waals surface area contributed by atoms with Gasteiger partial charge in [-0.1, -0.05) is 0 Å². The van der Waals surface area contributed by atoms with Gasteiger partial charge in [-0.25, -0.2) is 0 Å². The first-order chi connectivity index (χ1) is 4.16. The minimum Gasteiger partial charge on any atom is -0.310 e. The molecular formula is C4H6N2O3. The molecule has 0 bridgehead atoms. The fourth-order valence-electron chi connectivity index (χ4n) is 0.313. The third-order valence-corrected chi connectivity index (χ3v) is 0.645. The van der Waals surface area contributed by atoms with Gasteiger partial charge in [0.2, 0.25) is 0 Å². The van der Waals surface area contributed by atoms with Crippen molar-refractivity contribution < 1.29 is 9.92 Å². The van der Waals surface area contributed by atoms with Crippen LogP contribution in [0.4, 0.5) is 0 Å². The van der Waals surface area contributed by atoms with Crippen molar-refractivity contribution in [1.82, 2.24) is 0 Å². The molecule has 0 spiro atoms. The van der Waals surface area contributed by atoms with E-state index in [0.29, 0.717) is 0 Å². The highest BCUT2D eigenvalue weighted by Crippen LogP contribution is 1.94. The van der Waals surface area contributed by atoms with E-state index < -0.39 is 11.2 Å². The Kier molecular flexibility index (Phi) is 3.13. The van der Waals surface area contributed by atoms with E-state index in [9.17, 15) is 10.1 Å². The van der Waals surface area contributed by atoms with Gasteiger partial charge in [-0.3, -0.25) is 0 Å². The van der Waals surface area contributed by atoms with Gasteiger partial charge in [0.05, 0.1) is 12.5 Å². The molecule has 0 amide bonds. The minimum absolute atomic E-state index is 0.0426. The van der Waals surface area contributed by atoms with E-state index in [-0.39, 0.29) is 6.42 Å². The number of hydrogen-bond donors (Lipinski definition) is 0. The highest BCUT2D eigenvalue weighted by Gasteiger charge is 2.04. The predicted molar refractivity (Wildman–Crippen MR) is 27.8 cm³/mol. The van der Waals surface area contributed by atoms with Gasteiger partial charge in [0.25, 0.3) is 5.09 Å². The first kappa shape index (κ1) is 7.69. The van der Waals surface area contributed by atoms with Crippen LogP contribution in [-0.4, -0.2) is 11.2 Å². The normalized spacial score (nSPS) is 11.6. The van der Waals surface area contributed by atoms with Crippen LogP contribution >= 0.6 is 0 Å². The molecule has 0 saturated heterocycles. The van der Waals surface area contributed by atoms with Gasteiger partial charge in [0.15, 0.2) is 0 Å². The second kappa shape index (κ2) is 3.66. The van der Waals surface area contributed by atoms with Crippen molar-refractivity contribution in [2.75, 3.05) is 0 Å². The Morgan fingerprint density at radius 2 is 2.56 bits per heavy atom. The zero-order valence-corrected chi connectivity index (χ0v) is 4.90. The summed E-state index contributed by atoms with van der Waals surface area (Å²) in [6.45, 7) is 1.46. The fourth-order valence-corrected chi connectivity index (χ4v) is 0.313. The number of nitrogens with zero attached hydrogens (tertiary/aromatic N) is 2.